The fraction of sp³-hybridized carbons (Fsp3) is 0.333. The van der Waals surface area contributed by atoms with E-state index in [1.165, 1.54) is 0 Å². The van der Waals surface area contributed by atoms with Gasteiger partial charge in [0.1, 0.15) is 5.75 Å². The maximum atomic E-state index is 13.3. The topological polar surface area (TPSA) is 73.9 Å². The average Bonchev–Trinajstić information content (AvgIpc) is 2.77. The fourth-order valence-corrected chi connectivity index (χ4v) is 4.54. The minimum atomic E-state index is -0.349. The zero-order valence-corrected chi connectivity index (χ0v) is 17.4. The number of nitrogens with one attached hydrogen (secondary N) is 1. The SMILES string of the molecule is COc1cccc([C@H]2CC(=O)C3=C(C2)NC(=O)C[C@H]3c2cccc(OC)c2OC)c1. The van der Waals surface area contributed by atoms with Crippen LogP contribution in [0.1, 0.15) is 42.2 Å². The van der Waals surface area contributed by atoms with Crippen LogP contribution in [-0.2, 0) is 9.59 Å². The summed E-state index contributed by atoms with van der Waals surface area (Å²) in [6.45, 7) is 0. The predicted molar refractivity (Wildman–Crippen MR) is 112 cm³/mol. The first kappa shape index (κ1) is 20.0. The van der Waals surface area contributed by atoms with Gasteiger partial charge in [-0.1, -0.05) is 24.3 Å². The number of para-hydroxylation sites is 1. The summed E-state index contributed by atoms with van der Waals surface area (Å²) < 4.78 is 16.3. The third-order valence-electron chi connectivity index (χ3n) is 5.91. The third kappa shape index (κ3) is 3.54. The minimum Gasteiger partial charge on any atom is -0.497 e. The summed E-state index contributed by atoms with van der Waals surface area (Å²) >= 11 is 0. The molecular weight excluding hydrogens is 382 g/mol. The Morgan fingerprint density at radius 3 is 2.43 bits per heavy atom. The lowest BCUT2D eigenvalue weighted by Crippen LogP contribution is -2.38. The highest BCUT2D eigenvalue weighted by atomic mass is 16.5. The number of rotatable bonds is 5. The molecule has 6 nitrogen and oxygen atoms in total. The summed E-state index contributed by atoms with van der Waals surface area (Å²) in [5.74, 6) is 1.51. The Morgan fingerprint density at radius 2 is 1.70 bits per heavy atom. The van der Waals surface area contributed by atoms with Crippen LogP contribution in [-0.4, -0.2) is 33.0 Å². The molecule has 2 aliphatic rings. The minimum absolute atomic E-state index is 0.00222. The van der Waals surface area contributed by atoms with Crippen LogP contribution in [0, 0.1) is 0 Å². The van der Waals surface area contributed by atoms with E-state index in [1.807, 2.05) is 42.5 Å². The molecule has 4 rings (SSSR count). The molecule has 156 valence electrons. The van der Waals surface area contributed by atoms with Gasteiger partial charge in [-0.3, -0.25) is 9.59 Å². The van der Waals surface area contributed by atoms with E-state index < -0.39 is 0 Å². The lowest BCUT2D eigenvalue weighted by atomic mass is 9.73. The summed E-state index contributed by atoms with van der Waals surface area (Å²) in [4.78, 5) is 25.9. The van der Waals surface area contributed by atoms with Crippen molar-refractivity contribution in [2.45, 2.75) is 31.1 Å². The Kier molecular flexibility index (Phi) is 5.48. The van der Waals surface area contributed by atoms with Crippen LogP contribution in [0.25, 0.3) is 0 Å². The van der Waals surface area contributed by atoms with Crippen LogP contribution in [0.4, 0.5) is 0 Å². The van der Waals surface area contributed by atoms with E-state index in [0.29, 0.717) is 35.6 Å². The lowest BCUT2D eigenvalue weighted by Gasteiger charge is -2.35. The monoisotopic (exact) mass is 407 g/mol. The summed E-state index contributed by atoms with van der Waals surface area (Å²) in [6.07, 6.45) is 1.20. The Labute approximate surface area is 175 Å². The average molecular weight is 407 g/mol. The van der Waals surface area contributed by atoms with E-state index in [0.717, 1.165) is 16.9 Å². The van der Waals surface area contributed by atoms with Gasteiger partial charge in [-0.25, -0.2) is 0 Å². The highest BCUT2D eigenvalue weighted by molar-refractivity contribution is 6.02. The Balaban J connectivity index is 1.75. The van der Waals surface area contributed by atoms with Crippen molar-refractivity contribution in [2.24, 2.45) is 0 Å². The van der Waals surface area contributed by atoms with Gasteiger partial charge in [0.15, 0.2) is 17.3 Å². The molecule has 0 spiro atoms. The molecule has 2 atom stereocenters. The van der Waals surface area contributed by atoms with Gasteiger partial charge < -0.3 is 19.5 Å². The largest absolute Gasteiger partial charge is 0.497 e. The number of carbonyl (C=O) groups is 2. The highest BCUT2D eigenvalue weighted by Crippen LogP contribution is 2.46. The number of amides is 1. The molecule has 0 radical (unpaired) electrons. The van der Waals surface area contributed by atoms with E-state index >= 15 is 0 Å². The van der Waals surface area contributed by atoms with Crippen LogP contribution < -0.4 is 19.5 Å². The van der Waals surface area contributed by atoms with Crippen molar-refractivity contribution in [3.05, 3.63) is 64.9 Å². The molecule has 2 aromatic carbocycles. The molecule has 1 N–H and O–H groups in total. The number of allylic oxidation sites excluding steroid dienone is 2. The van der Waals surface area contributed by atoms with Crippen molar-refractivity contribution >= 4 is 11.7 Å². The van der Waals surface area contributed by atoms with E-state index in [9.17, 15) is 9.59 Å². The molecule has 0 fully saturated rings. The van der Waals surface area contributed by atoms with Gasteiger partial charge in [-0.2, -0.15) is 0 Å². The number of hydrogen-bond acceptors (Lipinski definition) is 5. The van der Waals surface area contributed by atoms with Crippen LogP contribution in [0.15, 0.2) is 53.7 Å². The van der Waals surface area contributed by atoms with Crippen molar-refractivity contribution < 1.29 is 23.8 Å². The summed E-state index contributed by atoms with van der Waals surface area (Å²) in [5, 5.41) is 2.96. The second-order valence-electron chi connectivity index (χ2n) is 7.58. The van der Waals surface area contributed by atoms with E-state index in [1.54, 1.807) is 21.3 Å². The van der Waals surface area contributed by atoms with Crippen LogP contribution in [0.5, 0.6) is 17.2 Å². The quantitative estimate of drug-likeness (QED) is 0.818. The normalized spacial score (nSPS) is 21.0. The third-order valence-corrected chi connectivity index (χ3v) is 5.91. The van der Waals surface area contributed by atoms with Crippen molar-refractivity contribution in [2.75, 3.05) is 21.3 Å². The van der Waals surface area contributed by atoms with Gasteiger partial charge in [0, 0.05) is 35.6 Å². The lowest BCUT2D eigenvalue weighted by molar-refractivity contribution is -0.122. The molecule has 6 heteroatoms. The Hall–Kier alpha value is -3.28. The van der Waals surface area contributed by atoms with Crippen molar-refractivity contribution in [1.29, 1.82) is 0 Å². The van der Waals surface area contributed by atoms with Crippen LogP contribution in [0.3, 0.4) is 0 Å². The molecule has 1 aliphatic carbocycles. The van der Waals surface area contributed by atoms with Gasteiger partial charge in [-0.05, 0) is 36.1 Å². The van der Waals surface area contributed by atoms with Crippen molar-refractivity contribution in [3.63, 3.8) is 0 Å². The summed E-state index contributed by atoms with van der Waals surface area (Å²) in [7, 11) is 4.77. The fourth-order valence-electron chi connectivity index (χ4n) is 4.54. The first-order valence-electron chi connectivity index (χ1n) is 9.96. The molecule has 0 unspecified atom stereocenters. The molecule has 0 saturated carbocycles. The Bertz CT molecular complexity index is 1030. The standard InChI is InChI=1S/C24H25NO5/c1-28-16-7-4-6-14(10-16)15-11-19-23(20(26)12-15)18(13-22(27)25-19)17-8-5-9-21(29-2)24(17)30-3/h4-10,15,18H,11-13H2,1-3H3,(H,25,27)/t15-,18+/m1/s1. The highest BCUT2D eigenvalue weighted by Gasteiger charge is 2.39. The number of carbonyl (C=O) groups excluding carboxylic acids is 2. The zero-order chi connectivity index (χ0) is 21.3. The first-order chi connectivity index (χ1) is 14.5. The zero-order valence-electron chi connectivity index (χ0n) is 17.4. The number of hydrogen-bond donors (Lipinski definition) is 1. The summed E-state index contributed by atoms with van der Waals surface area (Å²) in [5.41, 5.74) is 3.22. The number of Topliss-reactive ketones (excluding diaryl/α,β-unsaturated/α-hetero) is 1. The molecular formula is C24H25NO5. The van der Waals surface area contributed by atoms with Crippen molar-refractivity contribution in [1.82, 2.24) is 5.32 Å². The Morgan fingerprint density at radius 1 is 0.900 bits per heavy atom. The second kappa shape index (κ2) is 8.22. The van der Waals surface area contributed by atoms with E-state index in [4.69, 9.17) is 14.2 Å². The number of ketones is 1. The van der Waals surface area contributed by atoms with Gasteiger partial charge in [0.25, 0.3) is 0 Å². The van der Waals surface area contributed by atoms with Gasteiger partial charge in [0.2, 0.25) is 5.91 Å². The molecule has 0 aromatic heterocycles. The maximum Gasteiger partial charge on any atom is 0.225 e. The molecule has 0 bridgehead atoms. The maximum absolute atomic E-state index is 13.3. The molecule has 1 aliphatic heterocycles. The van der Waals surface area contributed by atoms with E-state index in [2.05, 4.69) is 5.32 Å². The number of benzene rings is 2. The molecule has 1 heterocycles. The number of methoxy groups -OCH3 is 3. The smallest absolute Gasteiger partial charge is 0.225 e. The molecule has 0 saturated heterocycles. The molecule has 2 aromatic rings. The molecule has 30 heavy (non-hydrogen) atoms. The van der Waals surface area contributed by atoms with Gasteiger partial charge >= 0.3 is 0 Å². The van der Waals surface area contributed by atoms with Crippen LogP contribution >= 0.6 is 0 Å². The second-order valence-corrected chi connectivity index (χ2v) is 7.58. The van der Waals surface area contributed by atoms with E-state index in [-0.39, 0.29) is 29.9 Å². The first-order valence-corrected chi connectivity index (χ1v) is 9.96. The predicted octanol–water partition coefficient (Wildman–Crippen LogP) is 3.72. The number of ether oxygens (including phenoxy) is 3. The molecule has 1 amide bonds. The van der Waals surface area contributed by atoms with Crippen molar-refractivity contribution in [3.8, 4) is 17.2 Å². The van der Waals surface area contributed by atoms with Crippen LogP contribution in [0.2, 0.25) is 0 Å². The summed E-state index contributed by atoms with van der Waals surface area (Å²) in [6, 6.07) is 13.3. The van der Waals surface area contributed by atoms with Gasteiger partial charge in [-0.15, -0.1) is 0 Å². The van der Waals surface area contributed by atoms with Gasteiger partial charge in [0.05, 0.1) is 21.3 Å².